The van der Waals surface area contributed by atoms with E-state index in [2.05, 4.69) is 9.97 Å². The number of nitrogens with zero attached hydrogens (tertiary/aromatic N) is 3. The molecule has 1 aliphatic rings. The van der Waals surface area contributed by atoms with Crippen LogP contribution < -0.4 is 5.73 Å². The van der Waals surface area contributed by atoms with E-state index in [0.29, 0.717) is 12.1 Å². The van der Waals surface area contributed by atoms with Crippen molar-refractivity contribution in [2.24, 2.45) is 5.73 Å². The monoisotopic (exact) mass is 374 g/mol. The minimum atomic E-state index is -0.366. The van der Waals surface area contributed by atoms with Crippen molar-refractivity contribution in [3.05, 3.63) is 60.3 Å². The Morgan fingerprint density at radius 1 is 1.04 bits per heavy atom. The summed E-state index contributed by atoms with van der Waals surface area (Å²) in [6, 6.07) is 15.0. The molecule has 6 heteroatoms. The third kappa shape index (κ3) is 3.71. The van der Waals surface area contributed by atoms with Gasteiger partial charge in [0.25, 0.3) is 5.91 Å². The van der Waals surface area contributed by atoms with Crippen molar-refractivity contribution in [3.63, 3.8) is 0 Å². The Kier molecular flexibility index (Phi) is 5.02. The molecule has 142 valence electrons. The number of piperidine rings is 1. The molecule has 1 atom stereocenters. The zero-order valence-corrected chi connectivity index (χ0v) is 15.5. The number of aromatic nitrogens is 2. The third-order valence-corrected chi connectivity index (χ3v) is 5.20. The van der Waals surface area contributed by atoms with E-state index < -0.39 is 0 Å². The lowest BCUT2D eigenvalue weighted by molar-refractivity contribution is -0.119. The lowest BCUT2D eigenvalue weighted by Crippen LogP contribution is -2.45. The molecule has 1 aliphatic heterocycles. The summed E-state index contributed by atoms with van der Waals surface area (Å²) in [6.45, 7) is 0.661. The normalized spacial score (nSPS) is 16.9. The molecule has 0 saturated carbocycles. The number of amides is 2. The van der Waals surface area contributed by atoms with E-state index in [0.717, 1.165) is 41.6 Å². The van der Waals surface area contributed by atoms with Crippen LogP contribution in [-0.4, -0.2) is 39.3 Å². The Hall–Kier alpha value is -3.28. The highest BCUT2D eigenvalue weighted by Crippen LogP contribution is 2.24. The Morgan fingerprint density at radius 2 is 1.79 bits per heavy atom. The molecule has 1 saturated heterocycles. The molecule has 2 aromatic carbocycles. The molecule has 0 radical (unpaired) electrons. The van der Waals surface area contributed by atoms with Crippen LogP contribution in [0.15, 0.2) is 54.7 Å². The van der Waals surface area contributed by atoms with Crippen molar-refractivity contribution < 1.29 is 9.59 Å². The molecule has 3 aromatic rings. The molecule has 0 aliphatic carbocycles. The SMILES string of the molecule is NC(=O)C[C@H]1CCCCN1C(=O)c1ccc(-c2cnc3ccccc3n2)cc1. The second-order valence-corrected chi connectivity index (χ2v) is 7.14. The number of fused-ring (bicyclic) bond motifs is 1. The van der Waals surface area contributed by atoms with Crippen molar-refractivity contribution in [3.8, 4) is 11.3 Å². The molecule has 2 amide bonds. The maximum atomic E-state index is 13.0. The number of para-hydroxylation sites is 2. The number of hydrogen-bond acceptors (Lipinski definition) is 4. The molecule has 4 rings (SSSR count). The zero-order chi connectivity index (χ0) is 19.5. The highest BCUT2D eigenvalue weighted by atomic mass is 16.2. The number of rotatable bonds is 4. The Bertz CT molecular complexity index is 1020. The van der Waals surface area contributed by atoms with E-state index in [4.69, 9.17) is 5.73 Å². The van der Waals surface area contributed by atoms with E-state index in [1.165, 1.54) is 0 Å². The topological polar surface area (TPSA) is 89.2 Å². The fourth-order valence-electron chi connectivity index (χ4n) is 3.76. The first-order valence-corrected chi connectivity index (χ1v) is 9.53. The number of nitrogens with two attached hydrogens (primary N) is 1. The van der Waals surface area contributed by atoms with Crippen LogP contribution in [0.3, 0.4) is 0 Å². The maximum Gasteiger partial charge on any atom is 0.254 e. The van der Waals surface area contributed by atoms with Gasteiger partial charge in [0.1, 0.15) is 0 Å². The highest BCUT2D eigenvalue weighted by molar-refractivity contribution is 5.95. The Balaban J connectivity index is 1.56. The fraction of sp³-hybridized carbons (Fsp3) is 0.273. The summed E-state index contributed by atoms with van der Waals surface area (Å²) in [7, 11) is 0. The van der Waals surface area contributed by atoms with Crippen LogP contribution in [0.5, 0.6) is 0 Å². The number of primary amides is 1. The standard InChI is InChI=1S/C22H22N4O2/c23-21(27)13-17-5-3-4-12-26(17)22(28)16-10-8-15(9-11-16)20-14-24-18-6-1-2-7-19(18)25-20/h1-2,6-11,14,17H,3-5,12-13H2,(H2,23,27)/t17-/m1/s1. The predicted octanol–water partition coefficient (Wildman–Crippen LogP) is 3.17. The lowest BCUT2D eigenvalue weighted by atomic mass is 9.97. The van der Waals surface area contributed by atoms with Gasteiger partial charge in [-0.2, -0.15) is 0 Å². The summed E-state index contributed by atoms with van der Waals surface area (Å²) >= 11 is 0. The zero-order valence-electron chi connectivity index (χ0n) is 15.5. The molecule has 2 N–H and O–H groups in total. The smallest absolute Gasteiger partial charge is 0.254 e. The molecule has 28 heavy (non-hydrogen) atoms. The van der Waals surface area contributed by atoms with Gasteiger partial charge in [0.2, 0.25) is 5.91 Å². The van der Waals surface area contributed by atoms with Crippen LogP contribution in [-0.2, 0) is 4.79 Å². The van der Waals surface area contributed by atoms with E-state index in [1.807, 2.05) is 48.5 Å². The Morgan fingerprint density at radius 3 is 2.54 bits per heavy atom. The van der Waals surface area contributed by atoms with Gasteiger partial charge in [-0.25, -0.2) is 4.98 Å². The molecule has 1 fully saturated rings. The number of benzene rings is 2. The van der Waals surface area contributed by atoms with Crippen molar-refractivity contribution in [2.75, 3.05) is 6.54 Å². The largest absolute Gasteiger partial charge is 0.370 e. The Labute approximate surface area is 163 Å². The molecule has 6 nitrogen and oxygen atoms in total. The lowest BCUT2D eigenvalue weighted by Gasteiger charge is -2.35. The number of carbonyl (C=O) groups is 2. The van der Waals surface area contributed by atoms with Crippen LogP contribution in [0, 0.1) is 0 Å². The highest BCUT2D eigenvalue weighted by Gasteiger charge is 2.28. The second-order valence-electron chi connectivity index (χ2n) is 7.14. The van der Waals surface area contributed by atoms with Gasteiger partial charge < -0.3 is 10.6 Å². The van der Waals surface area contributed by atoms with Crippen LogP contribution in [0.2, 0.25) is 0 Å². The number of carbonyl (C=O) groups excluding carboxylic acids is 2. The van der Waals surface area contributed by atoms with E-state index in [1.54, 1.807) is 11.1 Å². The van der Waals surface area contributed by atoms with Crippen molar-refractivity contribution in [1.82, 2.24) is 14.9 Å². The quantitative estimate of drug-likeness (QED) is 0.760. The van der Waals surface area contributed by atoms with Crippen LogP contribution in [0.4, 0.5) is 0 Å². The summed E-state index contributed by atoms with van der Waals surface area (Å²) in [5.41, 5.74) is 9.32. The number of likely N-dealkylation sites (tertiary alicyclic amines) is 1. The van der Waals surface area contributed by atoms with Crippen LogP contribution in [0.1, 0.15) is 36.0 Å². The van der Waals surface area contributed by atoms with Gasteiger partial charge in [-0.05, 0) is 43.5 Å². The molecule has 0 bridgehead atoms. The van der Waals surface area contributed by atoms with Gasteiger partial charge in [0.05, 0.1) is 22.9 Å². The van der Waals surface area contributed by atoms with Gasteiger partial charge in [-0.1, -0.05) is 24.3 Å². The molecule has 2 heterocycles. The second kappa shape index (κ2) is 7.76. The maximum absolute atomic E-state index is 13.0. The first-order valence-electron chi connectivity index (χ1n) is 9.53. The first-order chi connectivity index (χ1) is 13.6. The van der Waals surface area contributed by atoms with E-state index in [9.17, 15) is 9.59 Å². The van der Waals surface area contributed by atoms with E-state index >= 15 is 0 Å². The van der Waals surface area contributed by atoms with Crippen molar-refractivity contribution in [2.45, 2.75) is 31.7 Å². The summed E-state index contributed by atoms with van der Waals surface area (Å²) in [5.74, 6) is -0.419. The minimum absolute atomic E-state index is 0.0536. The summed E-state index contributed by atoms with van der Waals surface area (Å²) < 4.78 is 0. The molecular formula is C22H22N4O2. The van der Waals surface area contributed by atoms with Crippen molar-refractivity contribution in [1.29, 1.82) is 0 Å². The van der Waals surface area contributed by atoms with Crippen LogP contribution >= 0.6 is 0 Å². The molecule has 0 unspecified atom stereocenters. The first kappa shape index (κ1) is 18.1. The molecule has 0 spiro atoms. The summed E-state index contributed by atoms with van der Waals surface area (Å²) in [4.78, 5) is 35.2. The fourth-order valence-corrected chi connectivity index (χ4v) is 3.76. The molecular weight excluding hydrogens is 352 g/mol. The van der Waals surface area contributed by atoms with Gasteiger partial charge in [-0.3, -0.25) is 14.6 Å². The summed E-state index contributed by atoms with van der Waals surface area (Å²) in [5, 5.41) is 0. The van der Waals surface area contributed by atoms with Crippen molar-refractivity contribution >= 4 is 22.8 Å². The molecule has 1 aromatic heterocycles. The predicted molar refractivity (Wildman–Crippen MR) is 107 cm³/mol. The average Bonchev–Trinajstić information content (AvgIpc) is 2.73. The third-order valence-electron chi connectivity index (χ3n) is 5.20. The average molecular weight is 374 g/mol. The summed E-state index contributed by atoms with van der Waals surface area (Å²) in [6.07, 6.45) is 4.75. The van der Waals surface area contributed by atoms with E-state index in [-0.39, 0.29) is 24.3 Å². The van der Waals surface area contributed by atoms with Gasteiger partial charge >= 0.3 is 0 Å². The number of hydrogen-bond donors (Lipinski definition) is 1. The van der Waals surface area contributed by atoms with Gasteiger partial charge in [0, 0.05) is 30.1 Å². The van der Waals surface area contributed by atoms with Gasteiger partial charge in [0.15, 0.2) is 0 Å². The van der Waals surface area contributed by atoms with Gasteiger partial charge in [-0.15, -0.1) is 0 Å². The van der Waals surface area contributed by atoms with Crippen LogP contribution in [0.25, 0.3) is 22.3 Å². The minimum Gasteiger partial charge on any atom is -0.370 e.